The maximum absolute atomic E-state index is 6.06. The minimum absolute atomic E-state index is 0.649. The summed E-state index contributed by atoms with van der Waals surface area (Å²) in [4.78, 5) is 0. The molecule has 5 aromatic rings. The number of rotatable bonds is 0. The van der Waals surface area contributed by atoms with E-state index in [9.17, 15) is 0 Å². The molecule has 0 unspecified atom stereocenters. The summed E-state index contributed by atoms with van der Waals surface area (Å²) in [5.41, 5.74) is 0. The van der Waals surface area contributed by atoms with E-state index >= 15 is 0 Å². The smallest absolute Gasteiger partial charge is 0.131 e. The van der Waals surface area contributed by atoms with Crippen LogP contribution in [0.15, 0.2) is 121 Å². The van der Waals surface area contributed by atoms with Gasteiger partial charge in [0.25, 0.3) is 0 Å². The van der Waals surface area contributed by atoms with Crippen molar-refractivity contribution in [2.45, 2.75) is 0 Å². The van der Waals surface area contributed by atoms with E-state index in [1.54, 1.807) is 0 Å². The minimum Gasteiger partial charge on any atom is -0.457 e. The first kappa shape index (κ1) is 20.7. The van der Waals surface area contributed by atoms with E-state index in [1.807, 2.05) is 121 Å². The van der Waals surface area contributed by atoms with Crippen LogP contribution in [0.2, 0.25) is 0 Å². The Morgan fingerprint density at radius 2 is 0.429 bits per heavy atom. The van der Waals surface area contributed by atoms with Crippen LogP contribution in [0.25, 0.3) is 0 Å². The second-order valence-electron chi connectivity index (χ2n) is 7.88. The zero-order chi connectivity index (χ0) is 23.5. The summed E-state index contributed by atoms with van der Waals surface area (Å²) in [7, 11) is 0. The number of hydrogen-bond donors (Lipinski definition) is 0. The first-order valence-electron chi connectivity index (χ1n) is 11.1. The van der Waals surface area contributed by atoms with E-state index in [4.69, 9.17) is 23.7 Å². The lowest BCUT2D eigenvalue weighted by atomic mass is 10.2. The topological polar surface area (TPSA) is 46.2 Å². The molecule has 0 atom stereocenters. The van der Waals surface area contributed by atoms with E-state index in [2.05, 4.69) is 0 Å². The van der Waals surface area contributed by atoms with E-state index in [0.717, 1.165) is 0 Å². The summed E-state index contributed by atoms with van der Waals surface area (Å²) in [5, 5.41) is 0. The maximum Gasteiger partial charge on any atom is 0.131 e. The molecule has 5 nitrogen and oxygen atoms in total. The van der Waals surface area contributed by atoms with Gasteiger partial charge in [-0.1, -0.05) is 18.2 Å². The van der Waals surface area contributed by atoms with Gasteiger partial charge in [-0.15, -0.1) is 0 Å². The van der Waals surface area contributed by atoms with Crippen LogP contribution in [-0.4, -0.2) is 0 Å². The normalized spacial score (nSPS) is 12.0. The second-order valence-corrected chi connectivity index (χ2v) is 7.88. The SMILES string of the molecule is c1cc2cc(c1)Oc1cccc(c1)Oc1cccc(c1)Oc1ccc(cc1)Oc1ccc(cc1)O2. The molecule has 3 heterocycles. The molecule has 3 aliphatic rings. The van der Waals surface area contributed by atoms with Gasteiger partial charge in [0.2, 0.25) is 0 Å². The summed E-state index contributed by atoms with van der Waals surface area (Å²) < 4.78 is 30.1. The van der Waals surface area contributed by atoms with Gasteiger partial charge in [-0.05, 0) is 84.9 Å². The molecule has 8 rings (SSSR count). The van der Waals surface area contributed by atoms with Crippen LogP contribution < -0.4 is 23.7 Å². The highest BCUT2D eigenvalue weighted by molar-refractivity contribution is 5.45. The highest BCUT2D eigenvalue weighted by Gasteiger charge is 2.07. The predicted octanol–water partition coefficient (Wildman–Crippen LogP) is 8.96. The molecule has 0 aromatic heterocycles. The molecule has 0 aliphatic carbocycles. The van der Waals surface area contributed by atoms with Gasteiger partial charge in [-0.3, -0.25) is 0 Å². The molecule has 5 aromatic carbocycles. The fraction of sp³-hybridized carbons (Fsp3) is 0. The molecule has 0 fully saturated rings. The van der Waals surface area contributed by atoms with Crippen LogP contribution in [0.1, 0.15) is 0 Å². The van der Waals surface area contributed by atoms with Gasteiger partial charge in [0.05, 0.1) is 0 Å². The third-order valence-corrected chi connectivity index (χ3v) is 5.24. The van der Waals surface area contributed by atoms with Gasteiger partial charge in [-0.2, -0.15) is 0 Å². The van der Waals surface area contributed by atoms with E-state index in [-0.39, 0.29) is 0 Å². The minimum atomic E-state index is 0.649. The van der Waals surface area contributed by atoms with Gasteiger partial charge in [0, 0.05) is 18.2 Å². The summed E-state index contributed by atoms with van der Waals surface area (Å²) in [6.07, 6.45) is 0. The van der Waals surface area contributed by atoms with Crippen molar-refractivity contribution in [3.05, 3.63) is 121 Å². The number of hydrogen-bond acceptors (Lipinski definition) is 5. The Bertz CT molecular complexity index is 1350. The molecule has 3 aliphatic heterocycles. The Kier molecular flexibility index (Phi) is 5.41. The molecular formula is C30H20O5. The van der Waals surface area contributed by atoms with Crippen molar-refractivity contribution in [1.29, 1.82) is 0 Å². The van der Waals surface area contributed by atoms with Crippen molar-refractivity contribution in [3.63, 3.8) is 0 Å². The van der Waals surface area contributed by atoms with Crippen LogP contribution in [0.3, 0.4) is 0 Å². The third kappa shape index (κ3) is 5.04. The molecule has 0 N–H and O–H groups in total. The van der Waals surface area contributed by atoms with Crippen molar-refractivity contribution in [3.8, 4) is 57.5 Å². The molecule has 10 bridgehead atoms. The Labute approximate surface area is 202 Å². The predicted molar refractivity (Wildman–Crippen MR) is 133 cm³/mol. The summed E-state index contributed by atoms with van der Waals surface area (Å²) in [5.74, 6) is 6.72. The summed E-state index contributed by atoms with van der Waals surface area (Å²) in [6.45, 7) is 0. The molecule has 170 valence electrons. The molecular weight excluding hydrogens is 440 g/mol. The van der Waals surface area contributed by atoms with Crippen LogP contribution in [0, 0.1) is 0 Å². The van der Waals surface area contributed by atoms with Gasteiger partial charge in [0.1, 0.15) is 57.5 Å². The highest BCUT2D eigenvalue weighted by atomic mass is 16.5. The lowest BCUT2D eigenvalue weighted by Gasteiger charge is -2.13. The van der Waals surface area contributed by atoms with E-state index < -0.39 is 0 Å². The second kappa shape index (κ2) is 9.15. The Balaban J connectivity index is 1.37. The molecule has 5 heteroatoms. The van der Waals surface area contributed by atoms with Crippen LogP contribution in [0.5, 0.6) is 57.5 Å². The monoisotopic (exact) mass is 460 g/mol. The van der Waals surface area contributed by atoms with Crippen LogP contribution in [-0.2, 0) is 0 Å². The Morgan fingerprint density at radius 3 is 0.686 bits per heavy atom. The maximum atomic E-state index is 6.06. The number of ether oxygens (including phenoxy) is 5. The first-order chi connectivity index (χ1) is 17.2. The lowest BCUT2D eigenvalue weighted by molar-refractivity contribution is 0.444. The van der Waals surface area contributed by atoms with Crippen LogP contribution in [0.4, 0.5) is 0 Å². The van der Waals surface area contributed by atoms with Gasteiger partial charge >= 0.3 is 0 Å². The average molecular weight is 460 g/mol. The van der Waals surface area contributed by atoms with E-state index in [0.29, 0.717) is 57.5 Å². The number of fused-ring (bicyclic) bond motifs is 2. The van der Waals surface area contributed by atoms with Crippen LogP contribution >= 0.6 is 0 Å². The fourth-order valence-electron chi connectivity index (χ4n) is 3.64. The standard InChI is InChI=1S/C30H20O5/c1-4-25-18-27(6-1)34-29-8-3-9-30(20-29)35-28-7-2-5-26(19-28)33-24-16-12-22(13-17-24)31-21-10-14-23(32-25)15-11-21/h1-20H. The molecule has 35 heavy (non-hydrogen) atoms. The zero-order valence-corrected chi connectivity index (χ0v) is 18.6. The van der Waals surface area contributed by atoms with Crippen molar-refractivity contribution in [1.82, 2.24) is 0 Å². The van der Waals surface area contributed by atoms with Crippen molar-refractivity contribution >= 4 is 0 Å². The molecule has 0 saturated heterocycles. The lowest BCUT2D eigenvalue weighted by Crippen LogP contribution is -1.90. The average Bonchev–Trinajstić information content (AvgIpc) is 2.87. The van der Waals surface area contributed by atoms with Gasteiger partial charge in [-0.25, -0.2) is 0 Å². The quantitative estimate of drug-likeness (QED) is 0.226. The highest BCUT2D eigenvalue weighted by Crippen LogP contribution is 2.34. The molecule has 0 amide bonds. The summed E-state index contributed by atoms with van der Waals surface area (Å²) in [6, 6.07) is 37.3. The largest absolute Gasteiger partial charge is 0.457 e. The third-order valence-electron chi connectivity index (χ3n) is 5.24. The molecule has 0 radical (unpaired) electrons. The van der Waals surface area contributed by atoms with Crippen molar-refractivity contribution in [2.75, 3.05) is 0 Å². The van der Waals surface area contributed by atoms with Crippen molar-refractivity contribution in [2.24, 2.45) is 0 Å². The van der Waals surface area contributed by atoms with E-state index in [1.165, 1.54) is 0 Å². The van der Waals surface area contributed by atoms with Crippen molar-refractivity contribution < 1.29 is 23.7 Å². The molecule has 0 saturated carbocycles. The van der Waals surface area contributed by atoms with Gasteiger partial charge < -0.3 is 23.7 Å². The zero-order valence-electron chi connectivity index (χ0n) is 18.6. The molecule has 0 spiro atoms. The van der Waals surface area contributed by atoms with Gasteiger partial charge in [0.15, 0.2) is 0 Å². The number of benzene rings is 5. The first-order valence-corrected chi connectivity index (χ1v) is 11.1. The fourth-order valence-corrected chi connectivity index (χ4v) is 3.64. The summed E-state index contributed by atoms with van der Waals surface area (Å²) >= 11 is 0. The Hall–Kier alpha value is -4.90. The Morgan fingerprint density at radius 1 is 0.229 bits per heavy atom.